The Morgan fingerprint density at radius 3 is 2.00 bits per heavy atom. The molecule has 0 saturated carbocycles. The lowest BCUT2D eigenvalue weighted by Crippen LogP contribution is -2.65. The fourth-order valence-electron chi connectivity index (χ4n) is 2.57. The number of hydrogen-bond donors (Lipinski definition) is 0. The van der Waals surface area contributed by atoms with Crippen molar-refractivity contribution in [3.63, 3.8) is 0 Å². The third kappa shape index (κ3) is 4.40. The zero-order valence-corrected chi connectivity index (χ0v) is 13.3. The molecule has 0 spiro atoms. The number of ether oxygens (including phenoxy) is 6. The summed E-state index contributed by atoms with van der Waals surface area (Å²) >= 11 is 0. The van der Waals surface area contributed by atoms with E-state index < -0.39 is 54.9 Å². The summed E-state index contributed by atoms with van der Waals surface area (Å²) in [7, 11) is 0. The van der Waals surface area contributed by atoms with E-state index in [1.807, 2.05) is 0 Å². The summed E-state index contributed by atoms with van der Waals surface area (Å²) in [6.45, 7) is 5.44. The molecule has 2 aliphatic rings. The Labute approximate surface area is 133 Å². The van der Waals surface area contributed by atoms with E-state index in [-0.39, 0.29) is 6.61 Å². The van der Waals surface area contributed by atoms with Gasteiger partial charge in [-0.3, -0.25) is 14.4 Å². The normalized spacial score (nSPS) is 36.5. The summed E-state index contributed by atoms with van der Waals surface area (Å²) in [5.41, 5.74) is 0. The molecule has 0 aromatic rings. The van der Waals surface area contributed by atoms with Crippen molar-refractivity contribution in [3.8, 4) is 0 Å². The van der Waals surface area contributed by atoms with Crippen LogP contribution in [-0.2, 0) is 42.8 Å². The van der Waals surface area contributed by atoms with Crippen LogP contribution in [0.5, 0.6) is 0 Å². The van der Waals surface area contributed by atoms with Gasteiger partial charge in [0.15, 0.2) is 12.4 Å². The molecule has 23 heavy (non-hydrogen) atoms. The van der Waals surface area contributed by atoms with E-state index in [1.54, 1.807) is 6.92 Å². The van der Waals surface area contributed by atoms with E-state index in [1.165, 1.54) is 20.8 Å². The maximum absolute atomic E-state index is 11.4. The Morgan fingerprint density at radius 2 is 1.43 bits per heavy atom. The summed E-state index contributed by atoms with van der Waals surface area (Å²) in [4.78, 5) is 34.1. The largest absolute Gasteiger partial charge is 0.455 e. The van der Waals surface area contributed by atoms with Crippen molar-refractivity contribution < 1.29 is 42.8 Å². The fraction of sp³-hybridized carbons (Fsp3) is 0.786. The zero-order chi connectivity index (χ0) is 17.1. The molecule has 0 amide bonds. The molecule has 0 unspecified atom stereocenters. The highest BCUT2D eigenvalue weighted by Gasteiger charge is 2.54. The third-order valence-corrected chi connectivity index (χ3v) is 3.32. The summed E-state index contributed by atoms with van der Waals surface area (Å²) < 4.78 is 32.0. The first-order valence-electron chi connectivity index (χ1n) is 7.22. The van der Waals surface area contributed by atoms with Crippen molar-refractivity contribution in [3.05, 3.63) is 0 Å². The number of rotatable bonds is 3. The van der Waals surface area contributed by atoms with Gasteiger partial charge in [-0.15, -0.1) is 0 Å². The van der Waals surface area contributed by atoms with Crippen LogP contribution in [0.1, 0.15) is 27.7 Å². The van der Waals surface area contributed by atoms with Crippen molar-refractivity contribution in [2.75, 3.05) is 6.61 Å². The Hall–Kier alpha value is -1.71. The first kappa shape index (κ1) is 17.6. The molecule has 2 fully saturated rings. The predicted molar refractivity (Wildman–Crippen MR) is 71.8 cm³/mol. The molecule has 130 valence electrons. The van der Waals surface area contributed by atoms with Crippen LogP contribution in [0.25, 0.3) is 0 Å². The van der Waals surface area contributed by atoms with Crippen molar-refractivity contribution in [2.45, 2.75) is 64.7 Å². The monoisotopic (exact) mass is 332 g/mol. The van der Waals surface area contributed by atoms with Crippen LogP contribution < -0.4 is 0 Å². The lowest BCUT2D eigenvalue weighted by atomic mass is 9.97. The van der Waals surface area contributed by atoms with Gasteiger partial charge in [-0.2, -0.15) is 0 Å². The maximum atomic E-state index is 11.4. The van der Waals surface area contributed by atoms with Crippen molar-refractivity contribution in [2.24, 2.45) is 0 Å². The number of fused-ring (bicyclic) bond motifs is 1. The summed E-state index contributed by atoms with van der Waals surface area (Å²) in [5, 5.41) is 0. The first-order valence-corrected chi connectivity index (χ1v) is 7.22. The molecule has 2 heterocycles. The van der Waals surface area contributed by atoms with Gasteiger partial charge in [-0.25, -0.2) is 0 Å². The van der Waals surface area contributed by atoms with Gasteiger partial charge in [0, 0.05) is 20.8 Å². The van der Waals surface area contributed by atoms with E-state index in [0.717, 1.165) is 0 Å². The van der Waals surface area contributed by atoms with Crippen LogP contribution >= 0.6 is 0 Å². The van der Waals surface area contributed by atoms with E-state index in [9.17, 15) is 14.4 Å². The van der Waals surface area contributed by atoms with E-state index in [4.69, 9.17) is 28.4 Å². The van der Waals surface area contributed by atoms with Gasteiger partial charge in [-0.05, 0) is 6.92 Å². The van der Waals surface area contributed by atoms with Crippen LogP contribution in [0.15, 0.2) is 0 Å². The Kier molecular flexibility index (Phi) is 5.55. The highest BCUT2D eigenvalue weighted by atomic mass is 16.8. The summed E-state index contributed by atoms with van der Waals surface area (Å²) in [5.74, 6) is -1.85. The number of carbonyl (C=O) groups is 3. The Balaban J connectivity index is 2.29. The molecule has 0 N–H and O–H groups in total. The lowest BCUT2D eigenvalue weighted by molar-refractivity contribution is -0.351. The van der Waals surface area contributed by atoms with Crippen molar-refractivity contribution >= 4 is 17.9 Å². The predicted octanol–water partition coefficient (Wildman–Crippen LogP) is -0.101. The molecule has 0 aromatic heterocycles. The second-order valence-electron chi connectivity index (χ2n) is 5.30. The van der Waals surface area contributed by atoms with Crippen LogP contribution in [0, 0.1) is 0 Å². The van der Waals surface area contributed by atoms with Gasteiger partial charge in [0.1, 0.15) is 12.2 Å². The van der Waals surface area contributed by atoms with Crippen molar-refractivity contribution in [1.29, 1.82) is 0 Å². The van der Waals surface area contributed by atoms with Crippen molar-refractivity contribution in [1.82, 2.24) is 0 Å². The SMILES string of the molecule is CC(=O)O[C@@H]1O[C@@H]2CO[C@@H](C)O[C@H]2[C@H](OC(C)=O)[C@H]1OC(C)=O. The van der Waals surface area contributed by atoms with Gasteiger partial charge < -0.3 is 28.4 Å². The number of hydrogen-bond acceptors (Lipinski definition) is 9. The highest BCUT2D eigenvalue weighted by Crippen LogP contribution is 2.32. The molecule has 9 heteroatoms. The lowest BCUT2D eigenvalue weighted by Gasteiger charge is -2.47. The molecule has 2 aliphatic heterocycles. The molecule has 0 radical (unpaired) electrons. The molecule has 0 aromatic carbocycles. The summed E-state index contributed by atoms with van der Waals surface area (Å²) in [6, 6.07) is 0. The van der Waals surface area contributed by atoms with Gasteiger partial charge in [0.05, 0.1) is 6.61 Å². The maximum Gasteiger partial charge on any atom is 0.305 e. The third-order valence-electron chi connectivity index (χ3n) is 3.32. The van der Waals surface area contributed by atoms with E-state index >= 15 is 0 Å². The smallest absolute Gasteiger partial charge is 0.305 e. The highest BCUT2D eigenvalue weighted by molar-refractivity contribution is 5.68. The molecule has 6 atom stereocenters. The zero-order valence-electron chi connectivity index (χ0n) is 13.3. The Morgan fingerprint density at radius 1 is 0.870 bits per heavy atom. The molecular formula is C14H20O9. The molecule has 0 aliphatic carbocycles. The summed E-state index contributed by atoms with van der Waals surface area (Å²) in [6.07, 6.45) is -5.22. The van der Waals surface area contributed by atoms with Crippen LogP contribution in [0.2, 0.25) is 0 Å². The number of esters is 3. The molecule has 0 bridgehead atoms. The average Bonchev–Trinajstić information content (AvgIpc) is 2.41. The molecule has 2 saturated heterocycles. The van der Waals surface area contributed by atoms with Gasteiger partial charge in [-0.1, -0.05) is 0 Å². The molecule has 9 nitrogen and oxygen atoms in total. The van der Waals surface area contributed by atoms with Gasteiger partial charge >= 0.3 is 17.9 Å². The van der Waals surface area contributed by atoms with Crippen LogP contribution in [0.4, 0.5) is 0 Å². The second-order valence-corrected chi connectivity index (χ2v) is 5.30. The van der Waals surface area contributed by atoms with E-state index in [0.29, 0.717) is 0 Å². The minimum absolute atomic E-state index is 0.161. The average molecular weight is 332 g/mol. The molecule has 2 rings (SSSR count). The fourth-order valence-corrected chi connectivity index (χ4v) is 2.57. The van der Waals surface area contributed by atoms with Gasteiger partial charge in [0.25, 0.3) is 0 Å². The van der Waals surface area contributed by atoms with E-state index in [2.05, 4.69) is 0 Å². The molecular weight excluding hydrogens is 312 g/mol. The topological polar surface area (TPSA) is 107 Å². The minimum atomic E-state index is -1.22. The van der Waals surface area contributed by atoms with Gasteiger partial charge in [0.2, 0.25) is 12.4 Å². The number of carbonyl (C=O) groups excluding carboxylic acids is 3. The first-order chi connectivity index (χ1) is 10.8. The second kappa shape index (κ2) is 7.24. The quantitative estimate of drug-likeness (QED) is 0.517. The Bertz CT molecular complexity index is 477. The minimum Gasteiger partial charge on any atom is -0.455 e. The van der Waals surface area contributed by atoms with Crippen LogP contribution in [0.3, 0.4) is 0 Å². The van der Waals surface area contributed by atoms with Crippen LogP contribution in [-0.4, -0.2) is 61.5 Å². The standard InChI is InChI=1S/C14H20O9/c1-6(15)19-12-11-10(5-18-9(4)22-11)23-14(21-8(3)17)13(12)20-7(2)16/h9-14H,5H2,1-4H3/t9-,10-,11-,12+,13-,14-/m1/s1.